The van der Waals surface area contributed by atoms with E-state index in [0.717, 1.165) is 5.56 Å². The summed E-state index contributed by atoms with van der Waals surface area (Å²) < 4.78 is 10.3. The molecular weight excluding hydrogens is 296 g/mol. The fourth-order valence-electron chi connectivity index (χ4n) is 2.16. The summed E-state index contributed by atoms with van der Waals surface area (Å²) >= 11 is 0. The van der Waals surface area contributed by atoms with Gasteiger partial charge in [0.1, 0.15) is 11.9 Å². The Kier molecular flexibility index (Phi) is 4.54. The first-order valence-corrected chi connectivity index (χ1v) is 7.26. The van der Waals surface area contributed by atoms with Gasteiger partial charge >= 0.3 is 0 Å². The van der Waals surface area contributed by atoms with Gasteiger partial charge in [-0.25, -0.2) is 0 Å². The molecule has 1 atom stereocenters. The van der Waals surface area contributed by atoms with Crippen LogP contribution in [0.2, 0.25) is 0 Å². The highest BCUT2D eigenvalue weighted by Crippen LogP contribution is 2.20. The predicted octanol–water partition coefficient (Wildman–Crippen LogP) is 2.79. The fraction of sp³-hybridized carbons (Fsp3) is 0.176. The lowest BCUT2D eigenvalue weighted by Crippen LogP contribution is -2.25. The van der Waals surface area contributed by atoms with Crippen molar-refractivity contribution in [2.45, 2.75) is 12.5 Å². The van der Waals surface area contributed by atoms with Crippen LogP contribution in [0.4, 0.5) is 0 Å². The molecule has 2 heterocycles. The number of aliphatic hydroxyl groups excluding tert-OH is 1. The molecule has 0 fully saturated rings. The Morgan fingerprint density at radius 3 is 2.78 bits per heavy atom. The number of nitrogens with one attached hydrogen (secondary N) is 1. The van der Waals surface area contributed by atoms with Gasteiger partial charge in [-0.3, -0.25) is 4.79 Å². The molecule has 0 unspecified atom stereocenters. The molecule has 0 saturated carbocycles. The summed E-state index contributed by atoms with van der Waals surface area (Å²) in [6.07, 6.45) is 1.10. The summed E-state index contributed by atoms with van der Waals surface area (Å²) in [5, 5.41) is 16.3. The Bertz CT molecular complexity index is 750. The minimum atomic E-state index is -0.748. The smallest absolute Gasteiger partial charge is 0.273 e. The van der Waals surface area contributed by atoms with Crippen molar-refractivity contribution >= 4 is 5.91 Å². The van der Waals surface area contributed by atoms with Crippen LogP contribution in [0.15, 0.2) is 63.7 Å². The zero-order valence-electron chi connectivity index (χ0n) is 12.3. The molecule has 6 nitrogen and oxygen atoms in total. The summed E-state index contributed by atoms with van der Waals surface area (Å²) in [7, 11) is 0. The number of nitrogens with zero attached hydrogens (tertiary/aromatic N) is 1. The molecule has 3 aromatic rings. The van der Waals surface area contributed by atoms with Gasteiger partial charge in [0.25, 0.3) is 5.91 Å². The number of carbonyl (C=O) groups is 1. The summed E-state index contributed by atoms with van der Waals surface area (Å²) in [5.74, 6) is 0.668. The van der Waals surface area contributed by atoms with Crippen LogP contribution in [0.25, 0.3) is 11.3 Å². The van der Waals surface area contributed by atoms with Crippen LogP contribution in [-0.2, 0) is 0 Å². The van der Waals surface area contributed by atoms with Crippen LogP contribution in [0.1, 0.15) is 28.8 Å². The molecule has 118 valence electrons. The van der Waals surface area contributed by atoms with E-state index in [1.54, 1.807) is 18.2 Å². The van der Waals surface area contributed by atoms with E-state index >= 15 is 0 Å². The van der Waals surface area contributed by atoms with Crippen LogP contribution in [0.3, 0.4) is 0 Å². The zero-order chi connectivity index (χ0) is 16.1. The second-order valence-corrected chi connectivity index (χ2v) is 5.02. The number of aliphatic hydroxyl groups is 1. The van der Waals surface area contributed by atoms with Crippen molar-refractivity contribution in [2.24, 2.45) is 0 Å². The monoisotopic (exact) mass is 312 g/mol. The number of hydrogen-bond donors (Lipinski definition) is 2. The zero-order valence-corrected chi connectivity index (χ0v) is 12.3. The number of rotatable bonds is 6. The lowest BCUT2D eigenvalue weighted by atomic mass is 10.1. The quantitative estimate of drug-likeness (QED) is 0.730. The van der Waals surface area contributed by atoms with Gasteiger partial charge in [0, 0.05) is 18.2 Å². The molecule has 23 heavy (non-hydrogen) atoms. The molecule has 3 rings (SSSR count). The highest BCUT2D eigenvalue weighted by atomic mass is 16.5. The molecular formula is C17H16N2O4. The van der Waals surface area contributed by atoms with E-state index in [1.807, 2.05) is 30.3 Å². The number of hydrogen-bond acceptors (Lipinski definition) is 5. The second-order valence-electron chi connectivity index (χ2n) is 5.02. The molecule has 0 bridgehead atoms. The van der Waals surface area contributed by atoms with Crippen molar-refractivity contribution < 1.29 is 18.8 Å². The van der Waals surface area contributed by atoms with Gasteiger partial charge in [-0.15, -0.1) is 0 Å². The molecule has 0 saturated heterocycles. The highest BCUT2D eigenvalue weighted by Gasteiger charge is 2.15. The van der Waals surface area contributed by atoms with Crippen molar-refractivity contribution in [3.63, 3.8) is 0 Å². The maximum atomic E-state index is 12.0. The highest BCUT2D eigenvalue weighted by molar-refractivity contribution is 5.93. The number of carbonyl (C=O) groups excluding carboxylic acids is 1. The Morgan fingerprint density at radius 1 is 1.22 bits per heavy atom. The summed E-state index contributed by atoms with van der Waals surface area (Å²) in [4.78, 5) is 12.0. The lowest BCUT2D eigenvalue weighted by Gasteiger charge is -2.07. The molecule has 2 aromatic heterocycles. The first-order valence-electron chi connectivity index (χ1n) is 7.26. The van der Waals surface area contributed by atoms with E-state index in [9.17, 15) is 9.90 Å². The molecule has 0 aliphatic heterocycles. The maximum Gasteiger partial charge on any atom is 0.273 e. The fourth-order valence-corrected chi connectivity index (χ4v) is 2.16. The normalized spacial score (nSPS) is 12.0. The van der Waals surface area contributed by atoms with Crippen molar-refractivity contribution in [1.82, 2.24) is 10.5 Å². The maximum absolute atomic E-state index is 12.0. The number of amides is 1. The molecule has 1 aromatic carbocycles. The molecule has 1 amide bonds. The SMILES string of the molecule is O=C(NCC[C@H](O)c1ccco1)c1cc(-c2ccccc2)on1. The first-order chi connectivity index (χ1) is 11.2. The van der Waals surface area contributed by atoms with Crippen LogP contribution < -0.4 is 5.32 Å². The Labute approximate surface area is 132 Å². The minimum absolute atomic E-state index is 0.205. The van der Waals surface area contributed by atoms with E-state index in [-0.39, 0.29) is 11.6 Å². The van der Waals surface area contributed by atoms with E-state index in [4.69, 9.17) is 8.94 Å². The number of furan rings is 1. The standard InChI is InChI=1S/C17H16N2O4/c20-14(15-7-4-10-22-15)8-9-18-17(21)13-11-16(23-19-13)12-5-2-1-3-6-12/h1-7,10-11,14,20H,8-9H2,(H,18,21)/t14-/m0/s1. The van der Waals surface area contributed by atoms with Gasteiger partial charge < -0.3 is 19.4 Å². The van der Waals surface area contributed by atoms with E-state index in [2.05, 4.69) is 10.5 Å². The average Bonchev–Trinajstić information content (AvgIpc) is 3.27. The summed E-state index contributed by atoms with van der Waals surface area (Å²) in [5.41, 5.74) is 1.06. The number of benzene rings is 1. The van der Waals surface area contributed by atoms with Crippen molar-refractivity contribution in [3.8, 4) is 11.3 Å². The van der Waals surface area contributed by atoms with Crippen LogP contribution in [0, 0.1) is 0 Å². The largest absolute Gasteiger partial charge is 0.467 e. The Morgan fingerprint density at radius 2 is 2.04 bits per heavy atom. The second kappa shape index (κ2) is 6.93. The van der Waals surface area contributed by atoms with Crippen molar-refractivity contribution in [3.05, 3.63) is 66.2 Å². The molecule has 6 heteroatoms. The van der Waals surface area contributed by atoms with Gasteiger partial charge in [-0.1, -0.05) is 35.5 Å². The van der Waals surface area contributed by atoms with E-state index in [1.165, 1.54) is 6.26 Å². The van der Waals surface area contributed by atoms with Gasteiger partial charge in [0.2, 0.25) is 0 Å². The molecule has 0 aliphatic carbocycles. The first kappa shape index (κ1) is 15.1. The molecule has 0 radical (unpaired) electrons. The minimum Gasteiger partial charge on any atom is -0.467 e. The van der Waals surface area contributed by atoms with E-state index < -0.39 is 6.10 Å². The van der Waals surface area contributed by atoms with Crippen molar-refractivity contribution in [2.75, 3.05) is 6.54 Å². The third kappa shape index (κ3) is 3.67. The number of aromatic nitrogens is 1. The Balaban J connectivity index is 1.54. The average molecular weight is 312 g/mol. The Hall–Kier alpha value is -2.86. The van der Waals surface area contributed by atoms with Gasteiger partial charge in [-0.2, -0.15) is 0 Å². The van der Waals surface area contributed by atoms with Gasteiger partial charge in [0.05, 0.1) is 6.26 Å². The van der Waals surface area contributed by atoms with Crippen LogP contribution in [0.5, 0.6) is 0 Å². The predicted molar refractivity (Wildman–Crippen MR) is 82.6 cm³/mol. The van der Waals surface area contributed by atoms with Gasteiger partial charge in [0.15, 0.2) is 11.5 Å². The van der Waals surface area contributed by atoms with E-state index in [0.29, 0.717) is 24.5 Å². The lowest BCUT2D eigenvalue weighted by molar-refractivity contribution is 0.0927. The topological polar surface area (TPSA) is 88.5 Å². The van der Waals surface area contributed by atoms with Gasteiger partial charge in [-0.05, 0) is 18.6 Å². The van der Waals surface area contributed by atoms with Crippen LogP contribution >= 0.6 is 0 Å². The molecule has 2 N–H and O–H groups in total. The summed E-state index contributed by atoms with van der Waals surface area (Å²) in [6, 6.07) is 14.4. The molecule has 0 aliphatic rings. The summed E-state index contributed by atoms with van der Waals surface area (Å²) in [6.45, 7) is 0.300. The van der Waals surface area contributed by atoms with Crippen molar-refractivity contribution in [1.29, 1.82) is 0 Å². The molecule has 0 spiro atoms. The van der Waals surface area contributed by atoms with Crippen LogP contribution in [-0.4, -0.2) is 22.7 Å². The third-order valence-electron chi connectivity index (χ3n) is 3.38. The third-order valence-corrected chi connectivity index (χ3v) is 3.38.